The monoisotopic (exact) mass is 460 g/mol. The Kier molecular flexibility index (Phi) is 5.77. The van der Waals surface area contributed by atoms with Gasteiger partial charge in [-0.1, -0.05) is 23.7 Å². The maximum absolute atomic E-state index is 14.2. The van der Waals surface area contributed by atoms with Crippen molar-refractivity contribution in [2.24, 2.45) is 0 Å². The molecule has 0 aliphatic carbocycles. The molecule has 0 spiro atoms. The second-order valence-electron chi connectivity index (χ2n) is 6.95. The molecule has 0 aliphatic heterocycles. The molecule has 0 amide bonds. The van der Waals surface area contributed by atoms with Gasteiger partial charge in [0.15, 0.2) is 0 Å². The van der Waals surface area contributed by atoms with Crippen molar-refractivity contribution in [1.82, 2.24) is 15.0 Å². The third-order valence-electron chi connectivity index (χ3n) is 4.63. The van der Waals surface area contributed by atoms with Gasteiger partial charge in [0.05, 0.1) is 10.5 Å². The largest absolute Gasteiger partial charge is 0.310 e. The van der Waals surface area contributed by atoms with Gasteiger partial charge < -0.3 is 4.72 Å². The molecule has 2 heterocycles. The molecule has 2 aromatic carbocycles. The van der Waals surface area contributed by atoms with E-state index in [2.05, 4.69) is 19.7 Å². The molecule has 0 atom stereocenters. The lowest BCUT2D eigenvalue weighted by molar-refractivity contribution is 0.0189. The molecule has 1 N–H and O–H groups in total. The first-order valence-electron chi connectivity index (χ1n) is 9.22. The van der Waals surface area contributed by atoms with Crippen LogP contribution in [0, 0.1) is 13.0 Å². The Hall–Kier alpha value is -2.84. The highest BCUT2D eigenvalue weighted by molar-refractivity contribution is 8.00. The van der Waals surface area contributed by atoms with E-state index in [0.717, 1.165) is 11.8 Å². The number of aromatic nitrogens is 3. The van der Waals surface area contributed by atoms with E-state index < -0.39 is 12.0 Å². The first kappa shape index (κ1) is 21.4. The average molecular weight is 461 g/mol. The number of halogens is 4. The maximum atomic E-state index is 14.2. The Morgan fingerprint density at radius 2 is 1.84 bits per heavy atom. The standard InChI is InChI=1S/C22H16ClF3N4S/c1-12-15(7-8-19(28-12)30-31-18-6-4-3-5-17(18)23)13-9-14-11-27-21(24)29-20(14)16(10-13)22(2,25)26/h3-11H,1-2H3,(H,28,30). The van der Waals surface area contributed by atoms with Gasteiger partial charge in [-0.05, 0) is 60.8 Å². The summed E-state index contributed by atoms with van der Waals surface area (Å²) in [6.45, 7) is 2.55. The molecule has 31 heavy (non-hydrogen) atoms. The molecule has 158 valence electrons. The van der Waals surface area contributed by atoms with E-state index in [1.165, 1.54) is 24.2 Å². The quantitative estimate of drug-likeness (QED) is 0.256. The average Bonchev–Trinajstić information content (AvgIpc) is 2.72. The Bertz CT molecular complexity index is 1280. The Balaban J connectivity index is 1.69. The van der Waals surface area contributed by atoms with E-state index in [4.69, 9.17) is 11.6 Å². The van der Waals surface area contributed by atoms with Crippen LogP contribution in [0.4, 0.5) is 19.0 Å². The fourth-order valence-corrected chi connectivity index (χ4v) is 4.06. The summed E-state index contributed by atoms with van der Waals surface area (Å²) in [5.41, 5.74) is 1.36. The number of pyridine rings is 1. The van der Waals surface area contributed by atoms with E-state index >= 15 is 0 Å². The summed E-state index contributed by atoms with van der Waals surface area (Å²) in [5, 5.41) is 0.947. The normalized spacial score (nSPS) is 11.7. The smallest absolute Gasteiger partial charge is 0.309 e. The van der Waals surface area contributed by atoms with Crippen molar-refractivity contribution in [2.75, 3.05) is 4.72 Å². The number of benzene rings is 2. The minimum Gasteiger partial charge on any atom is -0.310 e. The maximum Gasteiger partial charge on any atom is 0.309 e. The van der Waals surface area contributed by atoms with Crippen LogP contribution in [0.15, 0.2) is 59.6 Å². The van der Waals surface area contributed by atoms with E-state index in [0.29, 0.717) is 33.0 Å². The molecular weight excluding hydrogens is 445 g/mol. The number of nitrogens with one attached hydrogen (secondary N) is 1. The van der Waals surface area contributed by atoms with Gasteiger partial charge in [-0.2, -0.15) is 4.39 Å². The molecule has 4 aromatic rings. The van der Waals surface area contributed by atoms with E-state index in [1.807, 2.05) is 18.2 Å². The zero-order valence-electron chi connectivity index (χ0n) is 16.5. The fourth-order valence-electron chi connectivity index (χ4n) is 3.17. The summed E-state index contributed by atoms with van der Waals surface area (Å²) >= 11 is 7.48. The Morgan fingerprint density at radius 1 is 1.06 bits per heavy atom. The number of rotatable bonds is 5. The number of hydrogen-bond acceptors (Lipinski definition) is 5. The second-order valence-corrected chi connectivity index (χ2v) is 8.21. The van der Waals surface area contributed by atoms with Gasteiger partial charge in [0.2, 0.25) is 0 Å². The lowest BCUT2D eigenvalue weighted by Crippen LogP contribution is -2.10. The van der Waals surface area contributed by atoms with Crippen LogP contribution >= 0.6 is 23.5 Å². The van der Waals surface area contributed by atoms with Crippen LogP contribution in [-0.2, 0) is 5.92 Å². The van der Waals surface area contributed by atoms with Crippen molar-refractivity contribution in [1.29, 1.82) is 0 Å². The number of anilines is 1. The fraction of sp³-hybridized carbons (Fsp3) is 0.136. The summed E-state index contributed by atoms with van der Waals surface area (Å²) in [6, 6.07) is 13.9. The molecule has 4 rings (SSSR count). The van der Waals surface area contributed by atoms with Crippen molar-refractivity contribution < 1.29 is 13.2 Å². The van der Waals surface area contributed by atoms with Crippen LogP contribution in [0.3, 0.4) is 0 Å². The first-order valence-corrected chi connectivity index (χ1v) is 10.4. The Labute approximate surface area is 186 Å². The minimum absolute atomic E-state index is 0.108. The summed E-state index contributed by atoms with van der Waals surface area (Å²) in [7, 11) is 0. The number of hydrogen-bond donors (Lipinski definition) is 1. The van der Waals surface area contributed by atoms with Gasteiger partial charge in [0, 0.05) is 40.2 Å². The molecule has 0 aliphatic rings. The van der Waals surface area contributed by atoms with E-state index in [-0.39, 0.29) is 11.1 Å². The van der Waals surface area contributed by atoms with Crippen molar-refractivity contribution in [3.8, 4) is 11.1 Å². The van der Waals surface area contributed by atoms with Crippen LogP contribution in [0.25, 0.3) is 22.0 Å². The van der Waals surface area contributed by atoms with E-state index in [1.54, 1.807) is 31.2 Å². The molecule has 0 saturated heterocycles. The first-order chi connectivity index (χ1) is 14.7. The van der Waals surface area contributed by atoms with Gasteiger partial charge in [-0.3, -0.25) is 0 Å². The van der Waals surface area contributed by atoms with Crippen LogP contribution in [0.5, 0.6) is 0 Å². The highest BCUT2D eigenvalue weighted by atomic mass is 35.5. The van der Waals surface area contributed by atoms with Gasteiger partial charge in [-0.25, -0.2) is 23.7 Å². The third kappa shape index (κ3) is 4.60. The molecule has 9 heteroatoms. The number of aryl methyl sites for hydroxylation is 1. The zero-order valence-corrected chi connectivity index (χ0v) is 18.0. The number of fused-ring (bicyclic) bond motifs is 1. The van der Waals surface area contributed by atoms with Crippen LogP contribution in [-0.4, -0.2) is 15.0 Å². The lowest BCUT2D eigenvalue weighted by Gasteiger charge is -2.16. The summed E-state index contributed by atoms with van der Waals surface area (Å²) in [4.78, 5) is 12.5. The second kappa shape index (κ2) is 8.36. The van der Waals surface area contributed by atoms with Crippen molar-refractivity contribution >= 4 is 40.3 Å². The summed E-state index contributed by atoms with van der Waals surface area (Å²) < 4.78 is 45.1. The van der Waals surface area contributed by atoms with Crippen LogP contribution in [0.1, 0.15) is 18.2 Å². The van der Waals surface area contributed by atoms with Gasteiger partial charge in [-0.15, -0.1) is 0 Å². The predicted octanol–water partition coefficient (Wildman–Crippen LogP) is 7.02. The van der Waals surface area contributed by atoms with Gasteiger partial charge in [0.25, 0.3) is 5.92 Å². The van der Waals surface area contributed by atoms with Gasteiger partial charge in [0.1, 0.15) is 5.82 Å². The van der Waals surface area contributed by atoms with Crippen LogP contribution < -0.4 is 4.72 Å². The van der Waals surface area contributed by atoms with Crippen molar-refractivity contribution in [2.45, 2.75) is 24.7 Å². The molecule has 0 radical (unpaired) electrons. The molecule has 2 aromatic heterocycles. The zero-order chi connectivity index (χ0) is 22.2. The van der Waals surface area contributed by atoms with E-state index in [9.17, 15) is 13.2 Å². The van der Waals surface area contributed by atoms with Crippen molar-refractivity contribution in [3.05, 3.63) is 77.1 Å². The predicted molar refractivity (Wildman–Crippen MR) is 118 cm³/mol. The highest BCUT2D eigenvalue weighted by Crippen LogP contribution is 2.37. The van der Waals surface area contributed by atoms with Crippen LogP contribution in [0.2, 0.25) is 5.02 Å². The molecule has 4 nitrogen and oxygen atoms in total. The minimum atomic E-state index is -3.20. The molecular formula is C22H16ClF3N4S. The molecule has 0 bridgehead atoms. The summed E-state index contributed by atoms with van der Waals surface area (Å²) in [5.74, 6) is -2.61. The Morgan fingerprint density at radius 3 is 2.55 bits per heavy atom. The molecule has 0 saturated carbocycles. The molecule has 0 fully saturated rings. The third-order valence-corrected chi connectivity index (χ3v) is 5.95. The molecule has 0 unspecified atom stereocenters. The summed E-state index contributed by atoms with van der Waals surface area (Å²) in [6.07, 6.45) is 0.157. The lowest BCUT2D eigenvalue weighted by atomic mass is 9.97. The van der Waals surface area contributed by atoms with Gasteiger partial charge >= 0.3 is 6.08 Å². The highest BCUT2D eigenvalue weighted by Gasteiger charge is 2.29. The topological polar surface area (TPSA) is 50.7 Å². The number of nitrogens with zero attached hydrogens (tertiary/aromatic N) is 3. The SMILES string of the molecule is Cc1nc(NSc2ccccc2Cl)ccc1-c1cc(C(C)(F)F)c2nc(F)ncc2c1. The van der Waals surface area contributed by atoms with Crippen molar-refractivity contribution in [3.63, 3.8) is 0 Å². The number of alkyl halides is 2.